The highest BCUT2D eigenvalue weighted by Gasteiger charge is 2.26. The number of nitrogens with zero attached hydrogens (tertiary/aromatic N) is 1. The lowest BCUT2D eigenvalue weighted by atomic mass is 10.1. The molecule has 1 rings (SSSR count). The Labute approximate surface area is 125 Å². The number of rotatable bonds is 8. The molecule has 1 aromatic heterocycles. The van der Waals surface area contributed by atoms with Gasteiger partial charge in [0.05, 0.1) is 0 Å². The van der Waals surface area contributed by atoms with E-state index in [9.17, 15) is 13.2 Å². The second kappa shape index (κ2) is 7.37. The molecule has 0 fully saturated rings. The zero-order chi connectivity index (χ0) is 16.0. The maximum absolute atomic E-state index is 12.2. The van der Waals surface area contributed by atoms with Crippen LogP contribution in [-0.2, 0) is 14.8 Å². The predicted molar refractivity (Wildman–Crippen MR) is 81.2 cm³/mol. The van der Waals surface area contributed by atoms with E-state index in [2.05, 4.69) is 15.0 Å². The first kappa shape index (κ1) is 17.4. The van der Waals surface area contributed by atoms with E-state index in [-0.39, 0.29) is 10.8 Å². The molecule has 4 N–H and O–H groups in total. The fourth-order valence-electron chi connectivity index (χ4n) is 1.65. The van der Waals surface area contributed by atoms with Gasteiger partial charge in [0.1, 0.15) is 16.8 Å². The van der Waals surface area contributed by atoms with Gasteiger partial charge >= 0.3 is 0 Å². The Hall–Kier alpha value is -1.67. The standard InChI is InChI=1S/C13H22N4O3S/c1-4-7-15-11-6-5-10(8-16-11)21(19,20)17-12(9(2)3)13(14)18/h5-6,8-9,12,17H,4,7H2,1-3H3,(H2,14,18)(H,15,16). The van der Waals surface area contributed by atoms with Crippen molar-refractivity contribution >= 4 is 21.7 Å². The second-order valence-electron chi connectivity index (χ2n) is 5.05. The first-order chi connectivity index (χ1) is 9.77. The van der Waals surface area contributed by atoms with Crippen LogP contribution in [0.2, 0.25) is 0 Å². The van der Waals surface area contributed by atoms with Crippen molar-refractivity contribution in [2.45, 2.75) is 38.1 Å². The summed E-state index contributed by atoms with van der Waals surface area (Å²) in [5.41, 5.74) is 5.21. The van der Waals surface area contributed by atoms with E-state index in [4.69, 9.17) is 5.73 Å². The molecule has 0 saturated carbocycles. The molecule has 7 nitrogen and oxygen atoms in total. The van der Waals surface area contributed by atoms with Crippen LogP contribution in [0.25, 0.3) is 0 Å². The zero-order valence-corrected chi connectivity index (χ0v) is 13.3. The number of amides is 1. The van der Waals surface area contributed by atoms with Gasteiger partial charge in [-0.25, -0.2) is 13.4 Å². The van der Waals surface area contributed by atoms with E-state index in [0.29, 0.717) is 5.82 Å². The summed E-state index contributed by atoms with van der Waals surface area (Å²) in [7, 11) is -3.83. The maximum atomic E-state index is 12.2. The Morgan fingerprint density at radius 1 is 1.38 bits per heavy atom. The average molecular weight is 314 g/mol. The minimum atomic E-state index is -3.83. The molecule has 0 aliphatic rings. The molecule has 1 atom stereocenters. The SMILES string of the molecule is CCCNc1ccc(S(=O)(=O)NC(C(N)=O)C(C)C)cn1. The highest BCUT2D eigenvalue weighted by Crippen LogP contribution is 2.13. The normalized spacial score (nSPS) is 13.1. The summed E-state index contributed by atoms with van der Waals surface area (Å²) in [6.45, 7) is 6.21. The number of aromatic nitrogens is 1. The van der Waals surface area contributed by atoms with E-state index in [0.717, 1.165) is 13.0 Å². The molecule has 1 aromatic rings. The summed E-state index contributed by atoms with van der Waals surface area (Å²) < 4.78 is 26.7. The minimum Gasteiger partial charge on any atom is -0.370 e. The van der Waals surface area contributed by atoms with E-state index in [1.54, 1.807) is 19.9 Å². The first-order valence-electron chi connectivity index (χ1n) is 6.79. The molecule has 0 spiro atoms. The third-order valence-electron chi connectivity index (χ3n) is 2.86. The van der Waals surface area contributed by atoms with Crippen LogP contribution in [0.3, 0.4) is 0 Å². The predicted octanol–water partition coefficient (Wildman–Crippen LogP) is 0.692. The van der Waals surface area contributed by atoms with Gasteiger partial charge in [-0.3, -0.25) is 4.79 Å². The first-order valence-corrected chi connectivity index (χ1v) is 8.27. The molecule has 0 aliphatic heterocycles. The highest BCUT2D eigenvalue weighted by atomic mass is 32.2. The molecule has 0 bridgehead atoms. The van der Waals surface area contributed by atoms with Crippen LogP contribution >= 0.6 is 0 Å². The topological polar surface area (TPSA) is 114 Å². The van der Waals surface area contributed by atoms with E-state index < -0.39 is 22.0 Å². The smallest absolute Gasteiger partial charge is 0.242 e. The molecule has 8 heteroatoms. The summed E-state index contributed by atoms with van der Waals surface area (Å²) >= 11 is 0. The van der Waals surface area contributed by atoms with Crippen molar-refractivity contribution in [3.8, 4) is 0 Å². The van der Waals surface area contributed by atoms with Gasteiger partial charge in [-0.15, -0.1) is 0 Å². The number of nitrogens with two attached hydrogens (primary N) is 1. The van der Waals surface area contributed by atoms with Crippen LogP contribution in [0.5, 0.6) is 0 Å². The number of sulfonamides is 1. The Morgan fingerprint density at radius 2 is 2.05 bits per heavy atom. The van der Waals surface area contributed by atoms with Gasteiger partial charge in [-0.05, 0) is 24.5 Å². The van der Waals surface area contributed by atoms with Crippen LogP contribution in [0.1, 0.15) is 27.2 Å². The molecule has 1 amide bonds. The molecular formula is C13H22N4O3S. The molecule has 0 radical (unpaired) electrons. The van der Waals surface area contributed by atoms with Crippen molar-refractivity contribution < 1.29 is 13.2 Å². The van der Waals surface area contributed by atoms with Crippen molar-refractivity contribution in [2.24, 2.45) is 11.7 Å². The number of primary amides is 1. The summed E-state index contributed by atoms with van der Waals surface area (Å²) in [5, 5.41) is 3.05. The highest BCUT2D eigenvalue weighted by molar-refractivity contribution is 7.89. The second-order valence-corrected chi connectivity index (χ2v) is 6.77. The van der Waals surface area contributed by atoms with Gasteiger partial charge in [-0.2, -0.15) is 4.72 Å². The summed E-state index contributed by atoms with van der Waals surface area (Å²) in [4.78, 5) is 15.3. The van der Waals surface area contributed by atoms with E-state index >= 15 is 0 Å². The number of pyridine rings is 1. The van der Waals surface area contributed by atoms with Gasteiger partial charge in [0.25, 0.3) is 0 Å². The Kier molecular flexibility index (Phi) is 6.10. The van der Waals surface area contributed by atoms with E-state index in [1.165, 1.54) is 12.3 Å². The van der Waals surface area contributed by atoms with Gasteiger partial charge in [0.2, 0.25) is 15.9 Å². The monoisotopic (exact) mass is 314 g/mol. The molecule has 118 valence electrons. The molecule has 0 aromatic carbocycles. The lowest BCUT2D eigenvalue weighted by molar-refractivity contribution is -0.120. The van der Waals surface area contributed by atoms with Crippen LogP contribution in [0.15, 0.2) is 23.2 Å². The number of carbonyl (C=O) groups excluding carboxylic acids is 1. The van der Waals surface area contributed by atoms with Gasteiger partial charge in [-0.1, -0.05) is 20.8 Å². The lowest BCUT2D eigenvalue weighted by Gasteiger charge is -2.18. The molecule has 21 heavy (non-hydrogen) atoms. The zero-order valence-electron chi connectivity index (χ0n) is 12.5. The minimum absolute atomic E-state index is 0.00329. The molecule has 1 unspecified atom stereocenters. The average Bonchev–Trinajstić information content (AvgIpc) is 2.42. The van der Waals surface area contributed by atoms with Gasteiger partial charge in [0.15, 0.2) is 0 Å². The number of hydrogen-bond acceptors (Lipinski definition) is 5. The number of carbonyl (C=O) groups is 1. The van der Waals surface area contributed by atoms with Crippen molar-refractivity contribution in [3.05, 3.63) is 18.3 Å². The van der Waals surface area contributed by atoms with Crippen LogP contribution < -0.4 is 15.8 Å². The third kappa shape index (κ3) is 4.98. The third-order valence-corrected chi connectivity index (χ3v) is 4.28. The molecule has 0 saturated heterocycles. The molecular weight excluding hydrogens is 292 g/mol. The summed E-state index contributed by atoms with van der Waals surface area (Å²) in [6, 6.07) is 2.07. The summed E-state index contributed by atoms with van der Waals surface area (Å²) in [6.07, 6.45) is 2.19. The summed E-state index contributed by atoms with van der Waals surface area (Å²) in [5.74, 6) is -0.343. The molecule has 0 aliphatic carbocycles. The van der Waals surface area contributed by atoms with Crippen LogP contribution in [0, 0.1) is 5.92 Å². The number of anilines is 1. The van der Waals surface area contributed by atoms with Crippen molar-refractivity contribution in [3.63, 3.8) is 0 Å². The van der Waals surface area contributed by atoms with Crippen molar-refractivity contribution in [2.75, 3.05) is 11.9 Å². The van der Waals surface area contributed by atoms with Crippen molar-refractivity contribution in [1.29, 1.82) is 0 Å². The fourth-order valence-corrected chi connectivity index (χ4v) is 2.95. The van der Waals surface area contributed by atoms with Crippen LogP contribution in [-0.4, -0.2) is 31.9 Å². The Bertz CT molecular complexity index is 570. The number of nitrogens with one attached hydrogen (secondary N) is 2. The lowest BCUT2D eigenvalue weighted by Crippen LogP contribution is -2.47. The molecule has 1 heterocycles. The maximum Gasteiger partial charge on any atom is 0.242 e. The van der Waals surface area contributed by atoms with Crippen molar-refractivity contribution in [1.82, 2.24) is 9.71 Å². The van der Waals surface area contributed by atoms with Crippen LogP contribution in [0.4, 0.5) is 5.82 Å². The van der Waals surface area contributed by atoms with E-state index in [1.807, 2.05) is 6.92 Å². The largest absolute Gasteiger partial charge is 0.370 e. The Balaban J connectivity index is 2.89. The van der Waals surface area contributed by atoms with Gasteiger partial charge < -0.3 is 11.1 Å². The Morgan fingerprint density at radius 3 is 2.48 bits per heavy atom. The van der Waals surface area contributed by atoms with Gasteiger partial charge in [0, 0.05) is 12.7 Å². The quantitative estimate of drug-likeness (QED) is 0.653. The fraction of sp³-hybridized carbons (Fsp3) is 0.538. The number of hydrogen-bond donors (Lipinski definition) is 3.